The van der Waals surface area contributed by atoms with Crippen LogP contribution in [0.15, 0.2) is 42.5 Å². The maximum atomic E-state index is 12.9. The van der Waals surface area contributed by atoms with E-state index in [4.69, 9.17) is 14.2 Å². The van der Waals surface area contributed by atoms with Gasteiger partial charge in [0.05, 0.1) is 19.7 Å². The van der Waals surface area contributed by atoms with E-state index in [0.29, 0.717) is 36.7 Å². The zero-order valence-electron chi connectivity index (χ0n) is 19.2. The minimum atomic E-state index is -0.104. The lowest BCUT2D eigenvalue weighted by molar-refractivity contribution is -0.135. The van der Waals surface area contributed by atoms with Gasteiger partial charge in [-0.15, -0.1) is 5.10 Å². The summed E-state index contributed by atoms with van der Waals surface area (Å²) in [5.74, 6) is 1.22. The van der Waals surface area contributed by atoms with Crippen LogP contribution in [0.1, 0.15) is 16.7 Å². The molecule has 0 aliphatic rings. The topological polar surface area (TPSA) is 91.1 Å². The van der Waals surface area contributed by atoms with Gasteiger partial charge in [0.15, 0.2) is 17.1 Å². The minimum Gasteiger partial charge on any atom is -0.493 e. The van der Waals surface area contributed by atoms with Crippen LogP contribution in [0.5, 0.6) is 11.5 Å². The minimum absolute atomic E-state index is 0.0000637. The van der Waals surface area contributed by atoms with E-state index >= 15 is 0 Å². The largest absolute Gasteiger partial charge is 0.493 e. The average Bonchev–Trinajstić information content (AvgIpc) is 3.32. The maximum absolute atomic E-state index is 12.9. The van der Waals surface area contributed by atoms with E-state index < -0.39 is 0 Å². The van der Waals surface area contributed by atoms with E-state index in [0.717, 1.165) is 27.6 Å². The van der Waals surface area contributed by atoms with Crippen molar-refractivity contribution in [2.24, 2.45) is 0 Å². The van der Waals surface area contributed by atoms with Crippen LogP contribution in [-0.4, -0.2) is 65.3 Å². The maximum Gasteiger partial charge on any atom is 0.248 e. The summed E-state index contributed by atoms with van der Waals surface area (Å²) in [5, 5.41) is 13.3. The quantitative estimate of drug-likeness (QED) is 0.388. The number of benzene rings is 2. The highest BCUT2D eigenvalue weighted by molar-refractivity contribution is 5.84. The van der Waals surface area contributed by atoms with Gasteiger partial charge >= 0.3 is 0 Å². The number of pyridine rings is 1. The van der Waals surface area contributed by atoms with Crippen LogP contribution in [0.4, 0.5) is 0 Å². The number of tetrazole rings is 1. The van der Waals surface area contributed by atoms with E-state index in [1.165, 1.54) is 7.11 Å². The molecule has 4 aromatic rings. The van der Waals surface area contributed by atoms with Crippen molar-refractivity contribution in [2.45, 2.75) is 19.9 Å². The lowest BCUT2D eigenvalue weighted by Gasteiger charge is -2.23. The summed E-state index contributed by atoms with van der Waals surface area (Å²) in [6, 6.07) is 14.0. The van der Waals surface area contributed by atoms with Gasteiger partial charge in [-0.2, -0.15) is 4.52 Å². The molecule has 0 aliphatic carbocycles. The van der Waals surface area contributed by atoms with Gasteiger partial charge in [0, 0.05) is 31.1 Å². The third kappa shape index (κ3) is 4.73. The molecular formula is C24H27N5O4. The molecule has 0 aliphatic heterocycles. The van der Waals surface area contributed by atoms with Gasteiger partial charge in [0.1, 0.15) is 6.61 Å². The molecule has 0 N–H and O–H groups in total. The zero-order chi connectivity index (χ0) is 23.4. The molecule has 0 saturated carbocycles. The molecule has 0 unspecified atom stereocenters. The second-order valence-corrected chi connectivity index (χ2v) is 7.83. The van der Waals surface area contributed by atoms with Crippen LogP contribution >= 0.6 is 0 Å². The summed E-state index contributed by atoms with van der Waals surface area (Å²) >= 11 is 0. The Morgan fingerprint density at radius 3 is 2.61 bits per heavy atom. The Bertz CT molecular complexity index is 1290. The van der Waals surface area contributed by atoms with E-state index in [1.807, 2.05) is 49.4 Å². The van der Waals surface area contributed by atoms with Crippen molar-refractivity contribution in [1.29, 1.82) is 0 Å². The van der Waals surface area contributed by atoms with Crippen molar-refractivity contribution in [1.82, 2.24) is 24.9 Å². The normalized spacial score (nSPS) is 11.2. The monoisotopic (exact) mass is 449 g/mol. The SMILES string of the molecule is COCC(=O)N(CCc1ccc(OC)c(OC)c1)Cc1cc2ccc(C)cc2n2nnnc12. The fraction of sp³-hybridized carbons (Fsp3) is 0.333. The summed E-state index contributed by atoms with van der Waals surface area (Å²) in [7, 11) is 4.73. The molecule has 4 rings (SSSR count). The van der Waals surface area contributed by atoms with Crippen molar-refractivity contribution in [3.63, 3.8) is 0 Å². The summed E-state index contributed by atoms with van der Waals surface area (Å²) in [6.07, 6.45) is 0.643. The molecule has 0 fully saturated rings. The number of fused-ring (bicyclic) bond motifs is 3. The number of ether oxygens (including phenoxy) is 3. The highest BCUT2D eigenvalue weighted by Gasteiger charge is 2.18. The first-order valence-electron chi connectivity index (χ1n) is 10.6. The Hall–Kier alpha value is -3.72. The molecule has 0 radical (unpaired) electrons. The molecular weight excluding hydrogens is 422 g/mol. The number of aromatic nitrogens is 4. The Labute approximate surface area is 191 Å². The van der Waals surface area contributed by atoms with Gasteiger partial charge in [-0.3, -0.25) is 4.79 Å². The van der Waals surface area contributed by atoms with Crippen LogP contribution in [0.25, 0.3) is 16.6 Å². The lowest BCUT2D eigenvalue weighted by Crippen LogP contribution is -2.35. The third-order valence-corrected chi connectivity index (χ3v) is 5.60. The predicted octanol–water partition coefficient (Wildman–Crippen LogP) is 2.82. The van der Waals surface area contributed by atoms with Crippen molar-refractivity contribution in [2.75, 3.05) is 34.5 Å². The van der Waals surface area contributed by atoms with Gasteiger partial charge in [-0.1, -0.05) is 18.2 Å². The standard InChI is InChI=1S/C24H27N5O4/c1-16-5-7-18-13-19(24-25-26-27-29(24)20(18)11-16)14-28(23(30)15-31-2)10-9-17-6-8-21(32-3)22(12-17)33-4/h5-8,11-13H,9-10,14-15H2,1-4H3. The van der Waals surface area contributed by atoms with E-state index in [-0.39, 0.29) is 12.5 Å². The van der Waals surface area contributed by atoms with Gasteiger partial charge in [0.2, 0.25) is 5.91 Å². The molecule has 1 amide bonds. The first-order valence-corrected chi connectivity index (χ1v) is 10.6. The van der Waals surface area contributed by atoms with Crippen molar-refractivity contribution < 1.29 is 19.0 Å². The first kappa shape index (κ1) is 22.5. The van der Waals surface area contributed by atoms with Gasteiger partial charge < -0.3 is 19.1 Å². The van der Waals surface area contributed by atoms with Gasteiger partial charge in [-0.05, 0) is 59.2 Å². The smallest absolute Gasteiger partial charge is 0.248 e. The molecule has 0 atom stereocenters. The van der Waals surface area contributed by atoms with Crippen LogP contribution in [0, 0.1) is 6.92 Å². The van der Waals surface area contributed by atoms with E-state index in [2.05, 4.69) is 15.5 Å². The van der Waals surface area contributed by atoms with E-state index in [9.17, 15) is 4.79 Å². The van der Waals surface area contributed by atoms with Gasteiger partial charge in [-0.25, -0.2) is 0 Å². The van der Waals surface area contributed by atoms with E-state index in [1.54, 1.807) is 23.6 Å². The number of hydrogen-bond acceptors (Lipinski definition) is 7. The number of nitrogens with zero attached hydrogens (tertiary/aromatic N) is 5. The van der Waals surface area contributed by atoms with Crippen LogP contribution in [0.2, 0.25) is 0 Å². The molecule has 2 aromatic carbocycles. The number of methoxy groups -OCH3 is 3. The number of carbonyl (C=O) groups is 1. The fourth-order valence-corrected chi connectivity index (χ4v) is 3.89. The molecule has 2 heterocycles. The van der Waals surface area contributed by atoms with Crippen LogP contribution in [-0.2, 0) is 22.5 Å². The highest BCUT2D eigenvalue weighted by atomic mass is 16.5. The Balaban J connectivity index is 1.63. The molecule has 172 valence electrons. The molecule has 2 aromatic heterocycles. The predicted molar refractivity (Wildman–Crippen MR) is 124 cm³/mol. The number of amides is 1. The molecule has 9 heteroatoms. The molecule has 0 saturated heterocycles. The number of rotatable bonds is 9. The summed E-state index contributed by atoms with van der Waals surface area (Å²) in [4.78, 5) is 14.6. The second-order valence-electron chi connectivity index (χ2n) is 7.83. The van der Waals surface area contributed by atoms with Crippen LogP contribution in [0.3, 0.4) is 0 Å². The fourth-order valence-electron chi connectivity index (χ4n) is 3.89. The molecule has 0 spiro atoms. The summed E-state index contributed by atoms with van der Waals surface area (Å²) in [6.45, 7) is 2.89. The van der Waals surface area contributed by atoms with Crippen molar-refractivity contribution in [3.8, 4) is 11.5 Å². The van der Waals surface area contributed by atoms with Gasteiger partial charge in [0.25, 0.3) is 0 Å². The number of aryl methyl sites for hydroxylation is 1. The Morgan fingerprint density at radius 2 is 1.85 bits per heavy atom. The van der Waals surface area contributed by atoms with Crippen molar-refractivity contribution in [3.05, 3.63) is 59.2 Å². The Morgan fingerprint density at radius 1 is 1.03 bits per heavy atom. The number of hydrogen-bond donors (Lipinski definition) is 0. The second kappa shape index (κ2) is 9.83. The zero-order valence-corrected chi connectivity index (χ0v) is 19.2. The molecule has 0 bridgehead atoms. The highest BCUT2D eigenvalue weighted by Crippen LogP contribution is 2.28. The molecule has 33 heavy (non-hydrogen) atoms. The Kier molecular flexibility index (Phi) is 6.69. The van der Waals surface area contributed by atoms with Crippen molar-refractivity contribution >= 4 is 22.5 Å². The average molecular weight is 450 g/mol. The molecule has 9 nitrogen and oxygen atoms in total. The number of carbonyl (C=O) groups excluding carboxylic acids is 1. The summed E-state index contributed by atoms with van der Waals surface area (Å²) in [5.41, 5.74) is 4.59. The lowest BCUT2D eigenvalue weighted by atomic mass is 10.1. The third-order valence-electron chi connectivity index (χ3n) is 5.60. The van der Waals surface area contributed by atoms with Crippen LogP contribution < -0.4 is 9.47 Å². The first-order chi connectivity index (χ1) is 16.0. The summed E-state index contributed by atoms with van der Waals surface area (Å²) < 4.78 is 17.6.